The molecule has 5 atom stereocenters. The average molecular weight is 729 g/mol. The van der Waals surface area contributed by atoms with Gasteiger partial charge in [-0.05, 0) is 58.9 Å². The number of alkyl carbamates (subject to hydrolysis) is 1. The summed E-state index contributed by atoms with van der Waals surface area (Å²) in [6.45, 7) is 18.2. The van der Waals surface area contributed by atoms with Gasteiger partial charge in [0.2, 0.25) is 23.5 Å². The minimum Gasteiger partial charge on any atom is -0.444 e. The minimum atomic E-state index is -1.10. The van der Waals surface area contributed by atoms with Gasteiger partial charge in [-0.25, -0.2) is 4.79 Å². The van der Waals surface area contributed by atoms with Crippen molar-refractivity contribution in [2.24, 2.45) is 17.1 Å². The van der Waals surface area contributed by atoms with Gasteiger partial charge in [-0.3, -0.25) is 28.8 Å². The normalized spacial score (nSPS) is 18.2. The number of hydrogen-bond acceptors (Lipinski definition) is 9. The van der Waals surface area contributed by atoms with Crippen LogP contribution in [0.4, 0.5) is 4.79 Å². The molecule has 1 aliphatic heterocycles. The molecular formula is C39H60N4O9. The Labute approximate surface area is 308 Å². The van der Waals surface area contributed by atoms with Crippen LogP contribution in [0.1, 0.15) is 126 Å². The van der Waals surface area contributed by atoms with Crippen LogP contribution in [0.3, 0.4) is 0 Å². The van der Waals surface area contributed by atoms with Crippen LogP contribution >= 0.6 is 0 Å². The largest absolute Gasteiger partial charge is 0.444 e. The van der Waals surface area contributed by atoms with Gasteiger partial charge in [0.25, 0.3) is 0 Å². The van der Waals surface area contributed by atoms with Crippen LogP contribution in [0, 0.1) is 11.3 Å². The van der Waals surface area contributed by atoms with Crippen LogP contribution in [0.5, 0.6) is 0 Å². The van der Waals surface area contributed by atoms with Crippen molar-refractivity contribution in [3.8, 4) is 0 Å². The van der Waals surface area contributed by atoms with E-state index in [0.29, 0.717) is 18.4 Å². The molecule has 0 aromatic heterocycles. The van der Waals surface area contributed by atoms with E-state index in [1.807, 2.05) is 27.7 Å². The number of ketones is 3. The molecule has 1 aromatic carbocycles. The predicted octanol–water partition coefficient (Wildman–Crippen LogP) is 4.74. The minimum absolute atomic E-state index is 0.0893. The molecule has 1 saturated heterocycles. The number of ether oxygens (including phenoxy) is 2. The van der Waals surface area contributed by atoms with Crippen LogP contribution in [-0.4, -0.2) is 82.0 Å². The molecule has 2 rings (SSSR count). The van der Waals surface area contributed by atoms with Crippen LogP contribution in [0.15, 0.2) is 30.3 Å². The summed E-state index contributed by atoms with van der Waals surface area (Å²) in [6, 6.07) is 5.29. The Morgan fingerprint density at radius 2 is 1.50 bits per heavy atom. The molecule has 1 fully saturated rings. The van der Waals surface area contributed by atoms with Gasteiger partial charge in [-0.1, -0.05) is 70.9 Å². The van der Waals surface area contributed by atoms with Crippen molar-refractivity contribution >= 4 is 41.2 Å². The maximum atomic E-state index is 14.2. The summed E-state index contributed by atoms with van der Waals surface area (Å²) in [4.78, 5) is 94.0. The monoisotopic (exact) mass is 728 g/mol. The number of unbranched alkanes of at least 4 members (excludes halogenated alkanes) is 1. The van der Waals surface area contributed by atoms with Crippen molar-refractivity contribution in [3.63, 3.8) is 0 Å². The van der Waals surface area contributed by atoms with Gasteiger partial charge in [0.1, 0.15) is 17.7 Å². The number of Topliss-reactive ketones (excluding diaryl/α,β-unsaturated/α-hetero) is 3. The van der Waals surface area contributed by atoms with Gasteiger partial charge in [0, 0.05) is 38.1 Å². The number of benzene rings is 1. The SMILES string of the molecule is CCCCC(CC(=O)[C@@H]1C[C@@H](OC(C)(C)C)CN1C(=O)[C@@H](NC(=O)OC(C)(C)C)C(C)(C)C)C(=O)C(=O)CCC(=O)N[C@H](C(N)=O)c1ccccc1. The van der Waals surface area contributed by atoms with E-state index in [9.17, 15) is 33.6 Å². The Kier molecular flexibility index (Phi) is 15.7. The molecule has 290 valence electrons. The van der Waals surface area contributed by atoms with E-state index in [1.54, 1.807) is 71.9 Å². The van der Waals surface area contributed by atoms with E-state index in [2.05, 4.69) is 10.6 Å². The summed E-state index contributed by atoms with van der Waals surface area (Å²) in [6.07, 6.45) is -0.596. The highest BCUT2D eigenvalue weighted by Crippen LogP contribution is 2.31. The van der Waals surface area contributed by atoms with Gasteiger partial charge >= 0.3 is 6.09 Å². The van der Waals surface area contributed by atoms with Crippen LogP contribution < -0.4 is 16.4 Å². The molecule has 0 saturated carbocycles. The molecule has 13 heteroatoms. The zero-order valence-corrected chi connectivity index (χ0v) is 32.6. The van der Waals surface area contributed by atoms with E-state index < -0.39 is 94.3 Å². The molecule has 4 N–H and O–H groups in total. The highest BCUT2D eigenvalue weighted by atomic mass is 16.6. The molecule has 1 aromatic rings. The fraction of sp³-hybridized carbons (Fsp3) is 0.667. The molecule has 0 radical (unpaired) electrons. The lowest BCUT2D eigenvalue weighted by atomic mass is 9.85. The van der Waals surface area contributed by atoms with Gasteiger partial charge < -0.3 is 30.7 Å². The molecule has 1 aliphatic rings. The Balaban J connectivity index is 2.27. The van der Waals surface area contributed by atoms with Crippen molar-refractivity contribution in [3.05, 3.63) is 35.9 Å². The number of primary amides is 1. The van der Waals surface area contributed by atoms with Crippen molar-refractivity contribution in [1.29, 1.82) is 0 Å². The maximum Gasteiger partial charge on any atom is 0.408 e. The maximum absolute atomic E-state index is 14.2. The molecule has 0 aliphatic carbocycles. The Bertz CT molecular complexity index is 1440. The summed E-state index contributed by atoms with van der Waals surface area (Å²) in [5.41, 5.74) is 3.83. The lowest BCUT2D eigenvalue weighted by molar-refractivity contribution is -0.143. The highest BCUT2D eigenvalue weighted by molar-refractivity contribution is 6.38. The number of likely N-dealkylation sites (tertiary alicyclic amines) is 1. The van der Waals surface area contributed by atoms with Crippen molar-refractivity contribution < 1.29 is 43.0 Å². The first kappa shape index (κ1) is 44.0. The summed E-state index contributed by atoms with van der Waals surface area (Å²) < 4.78 is 11.6. The number of nitrogens with one attached hydrogen (secondary N) is 2. The Morgan fingerprint density at radius 1 is 0.885 bits per heavy atom. The van der Waals surface area contributed by atoms with Crippen molar-refractivity contribution in [1.82, 2.24) is 15.5 Å². The first-order chi connectivity index (χ1) is 23.9. The first-order valence-electron chi connectivity index (χ1n) is 18.1. The first-order valence-corrected chi connectivity index (χ1v) is 18.1. The van der Waals surface area contributed by atoms with Crippen molar-refractivity contribution in [2.75, 3.05) is 6.54 Å². The highest BCUT2D eigenvalue weighted by Gasteiger charge is 2.47. The quantitative estimate of drug-likeness (QED) is 0.190. The second kappa shape index (κ2) is 18.6. The molecular weight excluding hydrogens is 668 g/mol. The fourth-order valence-electron chi connectivity index (χ4n) is 6.10. The summed E-state index contributed by atoms with van der Waals surface area (Å²) in [5, 5.41) is 5.23. The summed E-state index contributed by atoms with van der Waals surface area (Å²) in [7, 11) is 0. The third kappa shape index (κ3) is 14.1. The van der Waals surface area contributed by atoms with E-state index in [1.165, 1.54) is 4.90 Å². The number of nitrogens with zero attached hydrogens (tertiary/aromatic N) is 1. The molecule has 1 unspecified atom stereocenters. The third-order valence-corrected chi connectivity index (χ3v) is 8.51. The second-order valence-corrected chi connectivity index (χ2v) is 16.7. The summed E-state index contributed by atoms with van der Waals surface area (Å²) in [5.74, 6) is -4.81. The molecule has 0 spiro atoms. The third-order valence-electron chi connectivity index (χ3n) is 8.51. The van der Waals surface area contributed by atoms with E-state index >= 15 is 0 Å². The van der Waals surface area contributed by atoms with Gasteiger partial charge in [0.15, 0.2) is 11.6 Å². The number of nitrogens with two attached hydrogens (primary N) is 1. The molecule has 4 amide bonds. The van der Waals surface area contributed by atoms with E-state index in [-0.39, 0.29) is 32.2 Å². The van der Waals surface area contributed by atoms with Gasteiger partial charge in [-0.2, -0.15) is 0 Å². The zero-order valence-electron chi connectivity index (χ0n) is 32.6. The van der Waals surface area contributed by atoms with E-state index in [0.717, 1.165) is 0 Å². The number of hydrogen-bond donors (Lipinski definition) is 3. The number of amides is 4. The standard InChI is InChI=1S/C39H60N4O9/c1-11-12-16-25(32(47)28(44)19-20-30(46)41-31(34(40)48)24-17-14-13-15-18-24)21-29(45)27-22-26(51-38(5,6)7)23-43(27)35(49)33(37(2,3)4)42-36(50)52-39(8,9)10/h13-15,17-18,25-27,31,33H,11-12,16,19-23H2,1-10H3,(H2,40,48)(H,41,46)(H,42,50)/t25?,26-,27+,31+,33-/m1/s1. The smallest absolute Gasteiger partial charge is 0.408 e. The molecule has 13 nitrogen and oxygen atoms in total. The molecule has 52 heavy (non-hydrogen) atoms. The Morgan fingerprint density at radius 3 is 2.02 bits per heavy atom. The average Bonchev–Trinajstić information content (AvgIpc) is 3.43. The van der Waals surface area contributed by atoms with Gasteiger partial charge in [0.05, 0.1) is 17.7 Å². The van der Waals surface area contributed by atoms with E-state index in [4.69, 9.17) is 15.2 Å². The Hall–Kier alpha value is -4.13. The van der Waals surface area contributed by atoms with Gasteiger partial charge in [-0.15, -0.1) is 0 Å². The number of carbonyl (C=O) groups is 7. The van der Waals surface area contributed by atoms with Crippen LogP contribution in [0.25, 0.3) is 0 Å². The zero-order chi connectivity index (χ0) is 39.6. The molecule has 1 heterocycles. The van der Waals surface area contributed by atoms with Crippen molar-refractivity contribution in [2.45, 2.75) is 150 Å². The van der Waals surface area contributed by atoms with Crippen LogP contribution in [-0.2, 0) is 38.2 Å². The number of rotatable bonds is 17. The lowest BCUT2D eigenvalue weighted by Gasteiger charge is -2.36. The topological polar surface area (TPSA) is 191 Å². The summed E-state index contributed by atoms with van der Waals surface area (Å²) >= 11 is 0. The lowest BCUT2D eigenvalue weighted by Crippen LogP contribution is -2.57. The number of carbonyl (C=O) groups excluding carboxylic acids is 7. The second-order valence-electron chi connectivity index (χ2n) is 16.7. The van der Waals surface area contributed by atoms with Crippen LogP contribution in [0.2, 0.25) is 0 Å². The predicted molar refractivity (Wildman–Crippen MR) is 196 cm³/mol. The molecule has 0 bridgehead atoms. The fourth-order valence-corrected chi connectivity index (χ4v) is 6.10.